The number of nitrogens with zero attached hydrogens (tertiary/aromatic N) is 1. The van der Waals surface area contributed by atoms with Crippen LogP contribution < -0.4 is 9.46 Å². The van der Waals surface area contributed by atoms with Crippen LogP contribution in [0.5, 0.6) is 5.75 Å². The number of hydrogen-bond donors (Lipinski definition) is 2. The van der Waals surface area contributed by atoms with Gasteiger partial charge in [0.1, 0.15) is 11.4 Å². The average Bonchev–Trinajstić information content (AvgIpc) is 3.41. The lowest BCUT2D eigenvalue weighted by Gasteiger charge is -2.07. The second-order valence-electron chi connectivity index (χ2n) is 6.93. The van der Waals surface area contributed by atoms with Crippen LogP contribution in [0, 0.1) is 0 Å². The van der Waals surface area contributed by atoms with Crippen molar-refractivity contribution in [1.29, 1.82) is 0 Å². The lowest BCUT2D eigenvalue weighted by Crippen LogP contribution is -2.32. The van der Waals surface area contributed by atoms with Gasteiger partial charge in [0.2, 0.25) is 10.0 Å². The normalized spacial score (nSPS) is 11.5. The third kappa shape index (κ3) is 4.31. The predicted octanol–water partition coefficient (Wildman–Crippen LogP) is 3.50. The molecule has 4 aromatic rings. The van der Waals surface area contributed by atoms with Crippen molar-refractivity contribution in [1.82, 2.24) is 14.7 Å². The Morgan fingerprint density at radius 1 is 1.23 bits per heavy atom. The Morgan fingerprint density at radius 3 is 2.77 bits per heavy atom. The zero-order chi connectivity index (χ0) is 22.0. The van der Waals surface area contributed by atoms with Crippen molar-refractivity contribution < 1.29 is 22.4 Å². The molecule has 0 aliphatic heterocycles. The number of aromatic nitrogens is 2. The summed E-state index contributed by atoms with van der Waals surface area (Å²) < 4.78 is 36.0. The van der Waals surface area contributed by atoms with Crippen molar-refractivity contribution in [2.45, 2.75) is 13.3 Å². The molecule has 31 heavy (non-hydrogen) atoms. The highest BCUT2D eigenvalue weighted by Crippen LogP contribution is 2.34. The minimum Gasteiger partial charge on any atom is -0.497 e. The molecule has 4 rings (SSSR count). The van der Waals surface area contributed by atoms with Crippen LogP contribution in [0.2, 0.25) is 0 Å². The molecule has 3 heterocycles. The van der Waals surface area contributed by atoms with E-state index < -0.39 is 15.9 Å². The van der Waals surface area contributed by atoms with Crippen molar-refractivity contribution in [3.05, 3.63) is 71.9 Å². The van der Waals surface area contributed by atoms with Gasteiger partial charge in [-0.2, -0.15) is 0 Å². The van der Waals surface area contributed by atoms with Crippen molar-refractivity contribution >= 4 is 26.8 Å². The topological polar surface area (TPSA) is 114 Å². The second-order valence-corrected chi connectivity index (χ2v) is 8.94. The largest absolute Gasteiger partial charge is 0.497 e. The number of ether oxygens (including phenoxy) is 1. The molecule has 0 radical (unpaired) electrons. The Bertz CT molecular complexity index is 1340. The number of rotatable bonds is 7. The summed E-state index contributed by atoms with van der Waals surface area (Å²) in [5.74, 6) is -0.207. The molecule has 9 heteroatoms. The van der Waals surface area contributed by atoms with Gasteiger partial charge in [-0.15, -0.1) is 0 Å². The van der Waals surface area contributed by atoms with Gasteiger partial charge in [-0.25, -0.2) is 18.1 Å². The highest BCUT2D eigenvalue weighted by atomic mass is 32.2. The molecule has 1 amide bonds. The number of amides is 1. The monoisotopic (exact) mass is 439 g/mol. The van der Waals surface area contributed by atoms with Crippen molar-refractivity contribution in [2.24, 2.45) is 0 Å². The van der Waals surface area contributed by atoms with E-state index in [1.807, 2.05) is 29.0 Å². The quantitative estimate of drug-likeness (QED) is 0.456. The Hall–Kier alpha value is -3.59. The summed E-state index contributed by atoms with van der Waals surface area (Å²) in [6.07, 6.45) is 3.68. The minimum absolute atomic E-state index is 0.0425. The van der Waals surface area contributed by atoms with Crippen LogP contribution in [0.1, 0.15) is 28.7 Å². The molecule has 0 fully saturated rings. The molecular weight excluding hydrogens is 418 g/mol. The van der Waals surface area contributed by atoms with E-state index in [2.05, 4.69) is 9.97 Å². The molecule has 0 saturated heterocycles. The highest BCUT2D eigenvalue weighted by molar-refractivity contribution is 7.90. The van der Waals surface area contributed by atoms with Gasteiger partial charge in [0.25, 0.3) is 5.91 Å². The fourth-order valence-corrected chi connectivity index (χ4v) is 3.88. The van der Waals surface area contributed by atoms with Crippen LogP contribution in [0.25, 0.3) is 22.2 Å². The molecule has 0 saturated carbocycles. The molecule has 2 N–H and O–H groups in total. The Morgan fingerprint density at radius 2 is 2.06 bits per heavy atom. The first-order valence-corrected chi connectivity index (χ1v) is 11.3. The van der Waals surface area contributed by atoms with Gasteiger partial charge in [-0.3, -0.25) is 4.79 Å². The first-order valence-electron chi connectivity index (χ1n) is 9.62. The third-order valence-electron chi connectivity index (χ3n) is 4.95. The summed E-state index contributed by atoms with van der Waals surface area (Å²) in [6, 6.07) is 12.6. The number of fused-ring (bicyclic) bond motifs is 1. The molecule has 3 aromatic heterocycles. The van der Waals surface area contributed by atoms with Gasteiger partial charge >= 0.3 is 0 Å². The van der Waals surface area contributed by atoms with E-state index in [-0.39, 0.29) is 11.4 Å². The molecule has 160 valence electrons. The summed E-state index contributed by atoms with van der Waals surface area (Å²) in [6.45, 7) is 1.46. The number of carbonyl (C=O) groups excluding carboxylic acids is 1. The lowest BCUT2D eigenvalue weighted by molar-refractivity contribution is 0.0976. The first kappa shape index (κ1) is 20.7. The zero-order valence-corrected chi connectivity index (χ0v) is 17.8. The maximum Gasteiger partial charge on any atom is 0.283 e. The zero-order valence-electron chi connectivity index (χ0n) is 17.0. The van der Waals surface area contributed by atoms with E-state index in [4.69, 9.17) is 9.15 Å². The summed E-state index contributed by atoms with van der Waals surface area (Å²) in [4.78, 5) is 20.1. The molecule has 8 nitrogen and oxygen atoms in total. The van der Waals surface area contributed by atoms with Crippen LogP contribution >= 0.6 is 0 Å². The fraction of sp³-hybridized carbons (Fsp3) is 0.182. The molecule has 1 aromatic carbocycles. The van der Waals surface area contributed by atoms with E-state index in [1.165, 1.54) is 13.0 Å². The molecule has 0 unspecified atom stereocenters. The second kappa shape index (κ2) is 8.27. The number of pyridine rings is 1. The van der Waals surface area contributed by atoms with Crippen LogP contribution in [0.15, 0.2) is 59.4 Å². The fourth-order valence-electron chi connectivity index (χ4n) is 3.35. The first-order chi connectivity index (χ1) is 14.9. The van der Waals surface area contributed by atoms with Gasteiger partial charge in [0.15, 0.2) is 0 Å². The molecule has 0 atom stereocenters. The summed E-state index contributed by atoms with van der Waals surface area (Å²) in [7, 11) is -2.06. The number of H-pyrrole nitrogens is 1. The van der Waals surface area contributed by atoms with Gasteiger partial charge < -0.3 is 14.1 Å². The van der Waals surface area contributed by atoms with Crippen LogP contribution in [-0.4, -0.2) is 37.2 Å². The average molecular weight is 439 g/mol. The summed E-state index contributed by atoms with van der Waals surface area (Å²) in [5, 5.41) is 0.988. The number of sulfonamides is 1. The number of aromatic amines is 1. The third-order valence-corrected chi connectivity index (χ3v) is 6.21. The number of carbonyl (C=O) groups is 1. The smallest absolute Gasteiger partial charge is 0.283 e. The molecule has 0 bridgehead atoms. The van der Waals surface area contributed by atoms with E-state index >= 15 is 0 Å². The van der Waals surface area contributed by atoms with E-state index in [9.17, 15) is 13.2 Å². The number of nitrogens with one attached hydrogen (secondary N) is 2. The Labute approximate surface area is 179 Å². The maximum atomic E-state index is 12.3. The van der Waals surface area contributed by atoms with Crippen LogP contribution in [0.3, 0.4) is 0 Å². The van der Waals surface area contributed by atoms with E-state index in [0.717, 1.165) is 33.5 Å². The van der Waals surface area contributed by atoms with Crippen molar-refractivity contribution in [2.75, 3.05) is 12.9 Å². The number of hydrogen-bond acceptors (Lipinski definition) is 6. The van der Waals surface area contributed by atoms with Crippen molar-refractivity contribution in [3.8, 4) is 17.0 Å². The Kier molecular flexibility index (Phi) is 5.51. The van der Waals surface area contributed by atoms with E-state index in [0.29, 0.717) is 12.1 Å². The minimum atomic E-state index is -3.67. The standard InChI is InChI=1S/C22H21N3O5S/c1-3-31(27,28)25-22(26)19-6-4-5-15(23-19)11-18-17-8-7-16(29-2)12-20(17)24-21(18)14-9-10-30-13-14/h4-10,12-13,24H,3,11H2,1-2H3,(H,25,26). The van der Waals surface area contributed by atoms with E-state index in [1.54, 1.807) is 31.8 Å². The van der Waals surface area contributed by atoms with Crippen molar-refractivity contribution in [3.63, 3.8) is 0 Å². The summed E-state index contributed by atoms with van der Waals surface area (Å²) in [5.41, 5.74) is 4.30. The van der Waals surface area contributed by atoms with Gasteiger partial charge in [0.05, 0.1) is 31.1 Å². The molecular formula is C22H21N3O5S. The Balaban J connectivity index is 1.73. The van der Waals surface area contributed by atoms with Gasteiger partial charge in [0, 0.05) is 34.6 Å². The van der Waals surface area contributed by atoms with Crippen LogP contribution in [-0.2, 0) is 16.4 Å². The SMILES string of the molecule is CCS(=O)(=O)NC(=O)c1cccc(Cc2c(-c3ccoc3)[nH]c3cc(OC)ccc23)n1. The van der Waals surface area contributed by atoms with Gasteiger partial charge in [-0.05, 0) is 42.8 Å². The lowest BCUT2D eigenvalue weighted by atomic mass is 10.0. The predicted molar refractivity (Wildman–Crippen MR) is 117 cm³/mol. The number of furan rings is 1. The molecule has 0 aliphatic carbocycles. The summed E-state index contributed by atoms with van der Waals surface area (Å²) >= 11 is 0. The molecule has 0 aliphatic rings. The number of methoxy groups -OCH3 is 1. The maximum absolute atomic E-state index is 12.3. The van der Waals surface area contributed by atoms with Gasteiger partial charge in [-0.1, -0.05) is 6.07 Å². The highest BCUT2D eigenvalue weighted by Gasteiger charge is 2.18. The molecule has 0 spiro atoms. The number of benzene rings is 1. The van der Waals surface area contributed by atoms with Crippen LogP contribution in [0.4, 0.5) is 0 Å².